The number of amides is 1. The van der Waals surface area contributed by atoms with Crippen LogP contribution in [0.5, 0.6) is 0 Å². The smallest absolute Gasteiger partial charge is 0.251 e. The van der Waals surface area contributed by atoms with E-state index in [0.29, 0.717) is 39.1 Å². The lowest BCUT2D eigenvalue weighted by atomic mass is 10.1. The van der Waals surface area contributed by atoms with E-state index in [1.807, 2.05) is 47.1 Å². The van der Waals surface area contributed by atoms with Crippen LogP contribution in [0.4, 0.5) is 5.82 Å². The van der Waals surface area contributed by atoms with Crippen LogP contribution in [0.15, 0.2) is 54.9 Å². The maximum absolute atomic E-state index is 12.4. The van der Waals surface area contributed by atoms with Gasteiger partial charge in [0.1, 0.15) is 0 Å². The van der Waals surface area contributed by atoms with Gasteiger partial charge in [0.25, 0.3) is 5.91 Å². The van der Waals surface area contributed by atoms with Crippen molar-refractivity contribution in [3.63, 3.8) is 0 Å². The van der Waals surface area contributed by atoms with E-state index in [-0.39, 0.29) is 5.91 Å². The molecule has 0 aliphatic heterocycles. The van der Waals surface area contributed by atoms with Crippen molar-refractivity contribution in [2.45, 2.75) is 32.7 Å². The highest BCUT2D eigenvalue weighted by atomic mass is 35.5. The minimum absolute atomic E-state index is 0.0313. The maximum Gasteiger partial charge on any atom is 0.251 e. The third kappa shape index (κ3) is 4.74. The summed E-state index contributed by atoms with van der Waals surface area (Å²) in [4.78, 5) is 21.9. The number of rotatable bonds is 7. The molecule has 174 valence electrons. The predicted molar refractivity (Wildman–Crippen MR) is 138 cm³/mol. The Labute approximate surface area is 208 Å². The Bertz CT molecular complexity index is 1360. The van der Waals surface area contributed by atoms with Gasteiger partial charge in [-0.25, -0.2) is 9.97 Å². The minimum Gasteiger partial charge on any atom is -0.367 e. The highest BCUT2D eigenvalue weighted by Crippen LogP contribution is 2.32. The number of carbonyl (C=O) groups excluding carboxylic acids is 1. The van der Waals surface area contributed by atoms with Crippen molar-refractivity contribution in [1.82, 2.24) is 19.7 Å². The van der Waals surface area contributed by atoms with E-state index in [9.17, 15) is 4.79 Å². The average Bonchev–Trinajstić information content (AvgIpc) is 3.52. The molecule has 2 N–H and O–H groups in total. The summed E-state index contributed by atoms with van der Waals surface area (Å²) >= 11 is 12.6. The monoisotopic (exact) mass is 493 g/mol. The topological polar surface area (TPSA) is 71.3 Å². The van der Waals surface area contributed by atoms with E-state index in [0.717, 1.165) is 41.9 Å². The Hall–Kier alpha value is -3.09. The maximum atomic E-state index is 12.4. The molecule has 0 bridgehead atoms. The van der Waals surface area contributed by atoms with E-state index in [1.165, 1.54) is 0 Å². The van der Waals surface area contributed by atoms with E-state index in [1.54, 1.807) is 12.1 Å². The lowest BCUT2D eigenvalue weighted by Crippen LogP contribution is -2.25. The van der Waals surface area contributed by atoms with Crippen LogP contribution in [0, 0.1) is 5.92 Å². The molecule has 0 spiro atoms. The molecule has 0 atom stereocenters. The zero-order chi connectivity index (χ0) is 23.8. The number of halogens is 2. The number of benzene rings is 2. The molecule has 2 aromatic carbocycles. The molecule has 6 nitrogen and oxygen atoms in total. The van der Waals surface area contributed by atoms with Gasteiger partial charge in [-0.3, -0.25) is 9.20 Å². The summed E-state index contributed by atoms with van der Waals surface area (Å²) in [6, 6.07) is 13.3. The SMILES string of the molecule is CC(C)CNc1nc(-c2ccc(Cl)cc2Cl)cn2c(-c3ccc(C(=O)NC4CC4)cc3)cnc12. The number of nitrogens with zero attached hydrogens (tertiary/aromatic N) is 3. The highest BCUT2D eigenvalue weighted by Gasteiger charge is 2.24. The van der Waals surface area contributed by atoms with Gasteiger partial charge in [0.05, 0.1) is 22.6 Å². The number of hydrogen-bond acceptors (Lipinski definition) is 4. The van der Waals surface area contributed by atoms with Crippen LogP contribution in [-0.4, -0.2) is 32.9 Å². The van der Waals surface area contributed by atoms with Gasteiger partial charge in [-0.1, -0.05) is 49.2 Å². The fourth-order valence-corrected chi connectivity index (χ4v) is 4.24. The quantitative estimate of drug-likeness (QED) is 0.315. The second-order valence-electron chi connectivity index (χ2n) is 9.04. The van der Waals surface area contributed by atoms with Crippen LogP contribution in [-0.2, 0) is 0 Å². The van der Waals surface area contributed by atoms with E-state index in [2.05, 4.69) is 29.5 Å². The van der Waals surface area contributed by atoms with E-state index >= 15 is 0 Å². The van der Waals surface area contributed by atoms with Gasteiger partial charge in [-0.15, -0.1) is 0 Å². The summed E-state index contributed by atoms with van der Waals surface area (Å²) in [5.41, 5.74) is 4.71. The summed E-state index contributed by atoms with van der Waals surface area (Å²) in [6.07, 6.45) is 5.88. The lowest BCUT2D eigenvalue weighted by molar-refractivity contribution is 0.0951. The zero-order valence-corrected chi connectivity index (χ0v) is 20.5. The summed E-state index contributed by atoms with van der Waals surface area (Å²) < 4.78 is 2.01. The molecular formula is C26H25Cl2N5O. The molecular weight excluding hydrogens is 469 g/mol. The standard InChI is InChI=1S/C26H25Cl2N5O/c1-15(2)12-29-24-25-30-13-23(16-3-5-17(6-4-16)26(34)31-19-8-9-19)33(25)14-22(32-24)20-10-7-18(27)11-21(20)28/h3-7,10-11,13-15,19H,8-9,12H2,1-2H3,(H,29,32)(H,31,34). The molecule has 8 heteroatoms. The van der Waals surface area contributed by atoms with E-state index < -0.39 is 0 Å². The van der Waals surface area contributed by atoms with Crippen molar-refractivity contribution >= 4 is 40.6 Å². The number of fused-ring (bicyclic) bond motifs is 1. The Balaban J connectivity index is 1.57. The fourth-order valence-electron chi connectivity index (χ4n) is 3.74. The molecule has 1 aliphatic rings. The Morgan fingerprint density at radius 1 is 1.15 bits per heavy atom. The summed E-state index contributed by atoms with van der Waals surface area (Å²) in [6.45, 7) is 5.04. The number of hydrogen-bond donors (Lipinski definition) is 2. The molecule has 1 saturated carbocycles. The summed E-state index contributed by atoms with van der Waals surface area (Å²) in [5.74, 6) is 1.09. The number of nitrogens with one attached hydrogen (secondary N) is 2. The average molecular weight is 494 g/mol. The second kappa shape index (κ2) is 9.28. The number of aromatic nitrogens is 3. The van der Waals surface area contributed by atoms with Crippen LogP contribution in [0.3, 0.4) is 0 Å². The van der Waals surface area contributed by atoms with Gasteiger partial charge in [0, 0.05) is 40.5 Å². The molecule has 2 heterocycles. The Kier molecular flexibility index (Phi) is 6.19. The first-order valence-electron chi connectivity index (χ1n) is 11.4. The molecule has 4 aromatic rings. The first-order valence-corrected chi connectivity index (χ1v) is 12.1. The van der Waals surface area contributed by atoms with E-state index in [4.69, 9.17) is 28.2 Å². The fraction of sp³-hybridized carbons (Fsp3) is 0.269. The third-order valence-electron chi connectivity index (χ3n) is 5.73. The first kappa shape index (κ1) is 22.7. The van der Waals surface area contributed by atoms with Crippen molar-refractivity contribution in [3.8, 4) is 22.5 Å². The Morgan fingerprint density at radius 2 is 1.91 bits per heavy atom. The lowest BCUT2D eigenvalue weighted by Gasteiger charge is -2.13. The van der Waals surface area contributed by atoms with Crippen LogP contribution in [0.1, 0.15) is 37.0 Å². The van der Waals surface area contributed by atoms with Gasteiger partial charge >= 0.3 is 0 Å². The van der Waals surface area contributed by atoms with Gasteiger partial charge in [-0.2, -0.15) is 0 Å². The number of imidazole rings is 1. The molecule has 0 unspecified atom stereocenters. The Morgan fingerprint density at radius 3 is 2.59 bits per heavy atom. The van der Waals surface area contributed by atoms with Gasteiger partial charge in [-0.05, 0) is 49.1 Å². The largest absolute Gasteiger partial charge is 0.367 e. The zero-order valence-electron chi connectivity index (χ0n) is 19.0. The second-order valence-corrected chi connectivity index (χ2v) is 9.88. The summed E-state index contributed by atoms with van der Waals surface area (Å²) in [7, 11) is 0. The summed E-state index contributed by atoms with van der Waals surface area (Å²) in [5, 5.41) is 7.55. The first-order chi connectivity index (χ1) is 16.4. The number of anilines is 1. The molecule has 0 saturated heterocycles. The van der Waals surface area contributed by atoms with Gasteiger partial charge < -0.3 is 10.6 Å². The van der Waals surface area contributed by atoms with Gasteiger partial charge in [0.15, 0.2) is 11.5 Å². The van der Waals surface area contributed by atoms with Crippen molar-refractivity contribution in [1.29, 1.82) is 0 Å². The van der Waals surface area contributed by atoms with Crippen LogP contribution in [0.25, 0.3) is 28.2 Å². The van der Waals surface area contributed by atoms with Crippen molar-refractivity contribution in [3.05, 3.63) is 70.5 Å². The molecule has 34 heavy (non-hydrogen) atoms. The number of carbonyl (C=O) groups is 1. The molecule has 1 fully saturated rings. The van der Waals surface area contributed by atoms with Crippen molar-refractivity contribution in [2.24, 2.45) is 5.92 Å². The van der Waals surface area contributed by atoms with Gasteiger partial charge in [0.2, 0.25) is 0 Å². The van der Waals surface area contributed by atoms with Crippen LogP contribution >= 0.6 is 23.2 Å². The third-order valence-corrected chi connectivity index (χ3v) is 6.28. The molecule has 0 radical (unpaired) electrons. The van der Waals surface area contributed by atoms with Crippen LogP contribution < -0.4 is 10.6 Å². The normalized spacial score (nSPS) is 13.4. The predicted octanol–water partition coefficient (Wildman–Crippen LogP) is 6.33. The van der Waals surface area contributed by atoms with Crippen molar-refractivity contribution < 1.29 is 4.79 Å². The molecule has 5 rings (SSSR count). The molecule has 1 amide bonds. The molecule has 2 aromatic heterocycles. The minimum atomic E-state index is -0.0313. The highest BCUT2D eigenvalue weighted by molar-refractivity contribution is 6.36. The molecule has 1 aliphatic carbocycles. The van der Waals surface area contributed by atoms with Crippen molar-refractivity contribution in [2.75, 3.05) is 11.9 Å². The van der Waals surface area contributed by atoms with Crippen LogP contribution in [0.2, 0.25) is 10.0 Å².